The SMILES string of the molecule is C#CC(Oc1cccc2c1[C@H](C)c1ccccc1SC2)c1cc(=O)c(O)c2n1NCN([C@H](C)C(F)(F)F)C2=O. The van der Waals surface area contributed by atoms with Crippen molar-refractivity contribution in [3.63, 3.8) is 0 Å². The lowest BCUT2D eigenvalue weighted by Crippen LogP contribution is -2.55. The molecular weight excluding hydrogens is 531 g/mol. The summed E-state index contributed by atoms with van der Waals surface area (Å²) in [6.45, 7) is 2.34. The highest BCUT2D eigenvalue weighted by atomic mass is 32.2. The number of thioether (sulfide) groups is 1. The Morgan fingerprint density at radius 2 is 1.95 bits per heavy atom. The number of nitrogens with one attached hydrogen (secondary N) is 1. The van der Waals surface area contributed by atoms with Gasteiger partial charge in [0, 0.05) is 28.2 Å². The molecule has 3 aromatic rings. The van der Waals surface area contributed by atoms with Crippen LogP contribution in [-0.2, 0) is 5.75 Å². The molecule has 7 nitrogen and oxygen atoms in total. The van der Waals surface area contributed by atoms with Gasteiger partial charge in [-0.15, -0.1) is 18.2 Å². The molecule has 3 atom stereocenters. The number of nitrogens with zero attached hydrogens (tertiary/aromatic N) is 2. The molecule has 0 fully saturated rings. The van der Waals surface area contributed by atoms with Crippen molar-refractivity contribution in [2.24, 2.45) is 0 Å². The molecule has 0 radical (unpaired) electrons. The highest BCUT2D eigenvalue weighted by Crippen LogP contribution is 2.44. The minimum Gasteiger partial charge on any atom is -0.502 e. The molecule has 2 aromatic carbocycles. The van der Waals surface area contributed by atoms with E-state index in [2.05, 4.69) is 30.4 Å². The summed E-state index contributed by atoms with van der Waals surface area (Å²) in [7, 11) is 0. The van der Waals surface area contributed by atoms with Crippen LogP contribution in [0.1, 0.15) is 58.7 Å². The molecule has 2 aliphatic heterocycles. The number of pyridine rings is 1. The first-order valence-electron chi connectivity index (χ1n) is 12.1. The first kappa shape index (κ1) is 26.6. The van der Waals surface area contributed by atoms with E-state index < -0.39 is 47.8 Å². The van der Waals surface area contributed by atoms with Gasteiger partial charge >= 0.3 is 6.18 Å². The molecule has 0 spiro atoms. The Balaban J connectivity index is 1.56. The first-order valence-corrected chi connectivity index (χ1v) is 13.1. The molecule has 202 valence electrons. The van der Waals surface area contributed by atoms with Crippen molar-refractivity contribution in [1.29, 1.82) is 0 Å². The van der Waals surface area contributed by atoms with Crippen LogP contribution in [0, 0.1) is 12.3 Å². The van der Waals surface area contributed by atoms with E-state index in [1.807, 2.05) is 24.3 Å². The molecule has 2 aliphatic rings. The van der Waals surface area contributed by atoms with E-state index in [0.29, 0.717) is 16.4 Å². The number of carbonyl (C=O) groups excluding carboxylic acids is 1. The third-order valence-corrected chi connectivity index (χ3v) is 8.18. The summed E-state index contributed by atoms with van der Waals surface area (Å²) in [5, 5.41) is 10.4. The Morgan fingerprint density at radius 3 is 2.67 bits per heavy atom. The summed E-state index contributed by atoms with van der Waals surface area (Å²) in [4.78, 5) is 27.4. The highest BCUT2D eigenvalue weighted by molar-refractivity contribution is 7.98. The van der Waals surface area contributed by atoms with Crippen LogP contribution in [0.3, 0.4) is 0 Å². The fourth-order valence-electron chi connectivity index (χ4n) is 4.92. The third-order valence-electron chi connectivity index (χ3n) is 7.05. The second-order valence-corrected chi connectivity index (χ2v) is 10.3. The van der Waals surface area contributed by atoms with Gasteiger partial charge in [-0.1, -0.05) is 43.2 Å². The van der Waals surface area contributed by atoms with Crippen LogP contribution < -0.4 is 15.6 Å². The van der Waals surface area contributed by atoms with Crippen LogP contribution in [0.2, 0.25) is 0 Å². The molecule has 39 heavy (non-hydrogen) atoms. The molecule has 3 heterocycles. The molecule has 0 aliphatic carbocycles. The van der Waals surface area contributed by atoms with E-state index in [9.17, 15) is 27.9 Å². The van der Waals surface area contributed by atoms with E-state index in [1.165, 1.54) is 0 Å². The number of amides is 1. The van der Waals surface area contributed by atoms with E-state index in [0.717, 1.165) is 39.3 Å². The number of carbonyl (C=O) groups is 1. The molecule has 5 rings (SSSR count). The Hall–Kier alpha value is -4.04. The number of aromatic nitrogens is 1. The smallest absolute Gasteiger partial charge is 0.408 e. The van der Waals surface area contributed by atoms with Gasteiger partial charge in [-0.3, -0.25) is 9.59 Å². The summed E-state index contributed by atoms with van der Waals surface area (Å²) in [6.07, 6.45) is -0.0957. The van der Waals surface area contributed by atoms with Gasteiger partial charge in [0.25, 0.3) is 5.91 Å². The van der Waals surface area contributed by atoms with Gasteiger partial charge in [-0.25, -0.2) is 4.68 Å². The van der Waals surface area contributed by atoms with E-state index in [-0.39, 0.29) is 11.6 Å². The molecule has 2 N–H and O–H groups in total. The van der Waals surface area contributed by atoms with Crippen LogP contribution in [0.5, 0.6) is 11.5 Å². The number of benzene rings is 2. The number of halogens is 3. The summed E-state index contributed by atoms with van der Waals surface area (Å²) in [5.74, 6) is 1.46. The predicted octanol–water partition coefficient (Wildman–Crippen LogP) is 4.97. The zero-order valence-electron chi connectivity index (χ0n) is 21.0. The van der Waals surface area contributed by atoms with Gasteiger partial charge in [0.15, 0.2) is 11.4 Å². The topological polar surface area (TPSA) is 83.8 Å². The van der Waals surface area contributed by atoms with E-state index >= 15 is 0 Å². The van der Waals surface area contributed by atoms with Crippen molar-refractivity contribution in [1.82, 2.24) is 9.58 Å². The van der Waals surface area contributed by atoms with Gasteiger partial charge in [-0.2, -0.15) is 13.2 Å². The summed E-state index contributed by atoms with van der Waals surface area (Å²) >= 11 is 1.71. The maximum absolute atomic E-state index is 13.4. The van der Waals surface area contributed by atoms with Gasteiger partial charge in [0.1, 0.15) is 18.5 Å². The molecule has 1 aromatic heterocycles. The van der Waals surface area contributed by atoms with Crippen LogP contribution >= 0.6 is 11.8 Å². The fraction of sp³-hybridized carbons (Fsp3) is 0.286. The fourth-order valence-corrected chi connectivity index (χ4v) is 6.07. The largest absolute Gasteiger partial charge is 0.502 e. The number of ether oxygens (including phenoxy) is 1. The van der Waals surface area contributed by atoms with E-state index in [4.69, 9.17) is 11.2 Å². The standard InChI is InChI=1S/C28H24F3N3O4S/c1-4-21(38-22-10-7-8-17-13-39-23-11-6-5-9-18(23)15(2)24(17)22)19-12-20(35)26(36)25-27(37)33(14-32-34(19)25)16(3)28(29,30)31/h1,5-12,15-16,21,32,36H,13-14H2,2-3H3/t15-,16-,21?/m1/s1. The van der Waals surface area contributed by atoms with Crippen LogP contribution in [0.15, 0.2) is 58.2 Å². The second kappa shape index (κ2) is 9.93. The number of fused-ring (bicyclic) bond motifs is 3. The molecule has 11 heteroatoms. The Morgan fingerprint density at radius 1 is 1.21 bits per heavy atom. The Labute approximate surface area is 226 Å². The summed E-state index contributed by atoms with van der Waals surface area (Å²) < 4.78 is 47.4. The van der Waals surface area contributed by atoms with Crippen LogP contribution in [-0.4, -0.2) is 39.5 Å². The number of hydrogen-bond acceptors (Lipinski definition) is 6. The maximum Gasteiger partial charge on any atom is 0.408 e. The lowest BCUT2D eigenvalue weighted by molar-refractivity contribution is -0.172. The molecule has 0 saturated carbocycles. The molecular formula is C28H24F3N3O4S. The average molecular weight is 556 g/mol. The van der Waals surface area contributed by atoms with Crippen molar-refractivity contribution in [2.75, 3.05) is 12.1 Å². The molecule has 0 bridgehead atoms. The zero-order valence-corrected chi connectivity index (χ0v) is 21.8. The van der Waals surface area contributed by atoms with Crippen molar-refractivity contribution < 1.29 is 27.8 Å². The monoisotopic (exact) mass is 555 g/mol. The number of aromatic hydroxyl groups is 1. The first-order chi connectivity index (χ1) is 18.5. The lowest BCUT2D eigenvalue weighted by Gasteiger charge is -2.37. The molecule has 1 amide bonds. The molecule has 0 saturated heterocycles. The van der Waals surface area contributed by atoms with E-state index in [1.54, 1.807) is 17.8 Å². The zero-order chi connectivity index (χ0) is 28.1. The number of alkyl halides is 3. The summed E-state index contributed by atoms with van der Waals surface area (Å²) in [6, 6.07) is 12.5. The van der Waals surface area contributed by atoms with Crippen molar-refractivity contribution in [2.45, 2.75) is 48.7 Å². The maximum atomic E-state index is 13.4. The average Bonchev–Trinajstić information content (AvgIpc) is 3.05. The second-order valence-electron chi connectivity index (χ2n) is 9.32. The van der Waals surface area contributed by atoms with Crippen LogP contribution in [0.25, 0.3) is 0 Å². The van der Waals surface area contributed by atoms with Crippen molar-refractivity contribution in [3.8, 4) is 23.8 Å². The summed E-state index contributed by atoms with van der Waals surface area (Å²) in [5.41, 5.74) is 4.15. The predicted molar refractivity (Wildman–Crippen MR) is 140 cm³/mol. The minimum absolute atomic E-state index is 0.00313. The minimum atomic E-state index is -4.71. The number of terminal acetylenes is 1. The molecule has 1 unspecified atom stereocenters. The Bertz CT molecular complexity index is 1560. The van der Waals surface area contributed by atoms with Crippen molar-refractivity contribution in [3.05, 3.63) is 86.8 Å². The third kappa shape index (κ3) is 4.59. The Kier molecular flexibility index (Phi) is 6.76. The highest BCUT2D eigenvalue weighted by Gasteiger charge is 2.45. The lowest BCUT2D eigenvalue weighted by atomic mass is 9.89. The quantitative estimate of drug-likeness (QED) is 0.443. The normalized spacial score (nSPS) is 18.0. The van der Waals surface area contributed by atoms with Crippen molar-refractivity contribution >= 4 is 17.7 Å². The van der Waals surface area contributed by atoms with Gasteiger partial charge < -0.3 is 20.2 Å². The van der Waals surface area contributed by atoms with Crippen LogP contribution in [0.4, 0.5) is 13.2 Å². The van der Waals surface area contributed by atoms with Gasteiger partial charge in [0.2, 0.25) is 11.5 Å². The number of rotatable bonds is 4. The number of hydrogen-bond donors (Lipinski definition) is 2. The van der Waals surface area contributed by atoms with Gasteiger partial charge in [-0.05, 0) is 30.2 Å². The van der Waals surface area contributed by atoms with Gasteiger partial charge in [0.05, 0.1) is 5.69 Å².